The van der Waals surface area contributed by atoms with E-state index in [1.165, 1.54) is 6.20 Å². The number of aliphatic hydroxyl groups excluding tert-OH is 1. The first kappa shape index (κ1) is 27.1. The molecule has 0 saturated heterocycles. The van der Waals surface area contributed by atoms with Gasteiger partial charge in [0.25, 0.3) is 5.91 Å². The third kappa shape index (κ3) is 8.30. The molecule has 0 aliphatic heterocycles. The molecule has 5 nitrogen and oxygen atoms in total. The number of hydrogen-bond acceptors (Lipinski definition) is 4. The first-order valence-electron chi connectivity index (χ1n) is 10.8. The molecule has 1 unspecified atom stereocenters. The Balaban J connectivity index is 3.58. The lowest BCUT2D eigenvalue weighted by Crippen LogP contribution is -2.21. The summed E-state index contributed by atoms with van der Waals surface area (Å²) < 4.78 is 5.15. The van der Waals surface area contributed by atoms with Gasteiger partial charge < -0.3 is 15.2 Å². The van der Waals surface area contributed by atoms with Crippen LogP contribution in [0.3, 0.4) is 0 Å². The number of nitrogens with one attached hydrogen (secondary N) is 1. The first-order valence-corrected chi connectivity index (χ1v) is 10.8. The van der Waals surface area contributed by atoms with Gasteiger partial charge >= 0.3 is 0 Å². The monoisotopic (exact) mass is 436 g/mol. The van der Waals surface area contributed by atoms with Crippen molar-refractivity contribution in [3.8, 4) is 11.8 Å². The number of carbonyl (C=O) groups excluding carboxylic acids is 1. The van der Waals surface area contributed by atoms with Gasteiger partial charge in [0.2, 0.25) is 0 Å². The Morgan fingerprint density at radius 2 is 1.81 bits per heavy atom. The number of aliphatic hydroxyl groups is 1. The molecule has 0 saturated carbocycles. The lowest BCUT2D eigenvalue weighted by molar-refractivity contribution is -0.112. The molecule has 0 radical (unpaired) electrons. The topological polar surface area (TPSA) is 70.9 Å². The summed E-state index contributed by atoms with van der Waals surface area (Å²) in [6.07, 6.45) is 1.27. The van der Waals surface area contributed by atoms with Crippen LogP contribution in [0.25, 0.3) is 0 Å². The van der Waals surface area contributed by atoms with E-state index < -0.39 is 6.10 Å². The molecule has 0 fully saturated rings. The smallest absolute Gasteiger partial charge is 0.257 e. The maximum Gasteiger partial charge on any atom is 0.257 e. The van der Waals surface area contributed by atoms with Crippen LogP contribution in [0.4, 0.5) is 5.69 Å². The number of nitrogens with zero attached hydrogens (tertiary/aromatic N) is 1. The van der Waals surface area contributed by atoms with E-state index in [1.807, 2.05) is 45.0 Å². The molecule has 0 aromatic heterocycles. The van der Waals surface area contributed by atoms with Gasteiger partial charge in [-0.25, -0.2) is 0 Å². The van der Waals surface area contributed by atoms with Gasteiger partial charge in [-0.05, 0) is 51.3 Å². The Morgan fingerprint density at radius 3 is 2.31 bits per heavy atom. The summed E-state index contributed by atoms with van der Waals surface area (Å²) in [5, 5.41) is 12.5. The predicted octanol–water partition coefficient (Wildman–Crippen LogP) is 5.44. The van der Waals surface area contributed by atoms with Crippen molar-refractivity contribution >= 4 is 17.3 Å². The van der Waals surface area contributed by atoms with E-state index in [1.54, 1.807) is 14.0 Å². The number of allylic oxidation sites excluding steroid dienone is 2. The summed E-state index contributed by atoms with van der Waals surface area (Å²) in [7, 11) is 1.65. The molecule has 1 aromatic rings. The molecular weight excluding hydrogens is 400 g/mol. The molecule has 0 aliphatic rings. The van der Waals surface area contributed by atoms with Crippen molar-refractivity contribution in [2.75, 3.05) is 12.4 Å². The van der Waals surface area contributed by atoms with E-state index in [4.69, 9.17) is 4.74 Å². The van der Waals surface area contributed by atoms with Crippen LogP contribution in [-0.2, 0) is 16.1 Å². The minimum atomic E-state index is -0.533. The molecule has 1 amide bonds. The van der Waals surface area contributed by atoms with Crippen LogP contribution in [0.15, 0.2) is 64.3 Å². The minimum Gasteiger partial charge on any atom is -0.392 e. The fourth-order valence-corrected chi connectivity index (χ4v) is 3.06. The number of carbonyl (C=O) groups is 1. The number of amides is 1. The fraction of sp³-hybridized carbons (Fsp3) is 0.407. The average molecular weight is 437 g/mol. The van der Waals surface area contributed by atoms with Crippen molar-refractivity contribution in [2.45, 2.75) is 60.7 Å². The highest BCUT2D eigenvalue weighted by atomic mass is 16.5. The van der Waals surface area contributed by atoms with E-state index in [0.29, 0.717) is 35.6 Å². The highest BCUT2D eigenvalue weighted by Gasteiger charge is 2.23. The number of ether oxygens (including phenoxy) is 1. The minimum absolute atomic E-state index is 0.203. The maximum absolute atomic E-state index is 13.5. The second kappa shape index (κ2) is 13.5. The number of methoxy groups -OCH3 is 1. The van der Waals surface area contributed by atoms with Gasteiger partial charge in [0, 0.05) is 42.3 Å². The lowest BCUT2D eigenvalue weighted by Gasteiger charge is -2.19. The van der Waals surface area contributed by atoms with E-state index >= 15 is 0 Å². The lowest BCUT2D eigenvalue weighted by atomic mass is 9.88. The molecule has 0 bridgehead atoms. The Kier molecular flexibility index (Phi) is 11.4. The Hall–Kier alpha value is -2.94. The van der Waals surface area contributed by atoms with Crippen molar-refractivity contribution < 1.29 is 14.6 Å². The Bertz CT molecular complexity index is 953. The zero-order chi connectivity index (χ0) is 24.3. The van der Waals surface area contributed by atoms with Crippen LogP contribution in [0, 0.1) is 17.8 Å². The summed E-state index contributed by atoms with van der Waals surface area (Å²) in [6, 6.07) is 7.53. The van der Waals surface area contributed by atoms with Gasteiger partial charge in [-0.2, -0.15) is 0 Å². The molecule has 2 N–H and O–H groups in total. The van der Waals surface area contributed by atoms with Gasteiger partial charge in [0.1, 0.15) is 0 Å². The molecule has 1 aromatic carbocycles. The molecule has 0 spiro atoms. The number of anilines is 1. The standard InChI is InChI=1S/C27H36N2O3/c1-9-28-22(7)26(21(6)18(2)3)25(19(4)11-10-12-20(5)30)27(31)29-24-15-13-23(14-16-24)17-32-8/h9,13-16,18,20,30H,1,12,17H2,2-8H3,(H,29,31)/b25-19-,26-21-,28-22?. The maximum atomic E-state index is 13.5. The number of rotatable bonds is 9. The molecule has 5 heteroatoms. The van der Waals surface area contributed by atoms with E-state index in [0.717, 1.165) is 16.7 Å². The summed E-state index contributed by atoms with van der Waals surface area (Å²) in [6.45, 7) is 15.7. The molecule has 1 atom stereocenters. The van der Waals surface area contributed by atoms with Gasteiger partial charge in [-0.3, -0.25) is 9.79 Å². The van der Waals surface area contributed by atoms with Crippen LogP contribution >= 0.6 is 0 Å². The molecule has 0 heterocycles. The predicted molar refractivity (Wildman–Crippen MR) is 133 cm³/mol. The normalized spacial score (nSPS) is 14.1. The summed E-state index contributed by atoms with van der Waals surface area (Å²) in [5.41, 5.74) is 5.28. The third-order valence-electron chi connectivity index (χ3n) is 4.96. The molecule has 0 aliphatic carbocycles. The third-order valence-corrected chi connectivity index (χ3v) is 4.96. The second-order valence-electron chi connectivity index (χ2n) is 8.05. The highest BCUT2D eigenvalue weighted by molar-refractivity contribution is 6.18. The van der Waals surface area contributed by atoms with Crippen LogP contribution in [-0.4, -0.2) is 29.9 Å². The fourth-order valence-electron chi connectivity index (χ4n) is 3.06. The van der Waals surface area contributed by atoms with Gasteiger partial charge in [0.05, 0.1) is 18.3 Å². The van der Waals surface area contributed by atoms with Gasteiger partial charge in [-0.15, -0.1) is 0 Å². The second-order valence-corrected chi connectivity index (χ2v) is 8.05. The summed E-state index contributed by atoms with van der Waals surface area (Å²) in [5.74, 6) is 5.96. The molecular formula is C27H36N2O3. The summed E-state index contributed by atoms with van der Waals surface area (Å²) >= 11 is 0. The Morgan fingerprint density at radius 1 is 1.19 bits per heavy atom. The van der Waals surface area contributed by atoms with Crippen LogP contribution in [0.2, 0.25) is 0 Å². The van der Waals surface area contributed by atoms with Gasteiger partial charge in [-0.1, -0.05) is 50.0 Å². The Labute approximate surface area is 193 Å². The van der Waals surface area contributed by atoms with Crippen molar-refractivity contribution in [3.63, 3.8) is 0 Å². The largest absolute Gasteiger partial charge is 0.392 e. The average Bonchev–Trinajstić information content (AvgIpc) is 2.72. The quantitative estimate of drug-likeness (QED) is 0.234. The van der Waals surface area contributed by atoms with E-state index in [9.17, 15) is 9.90 Å². The van der Waals surface area contributed by atoms with Crippen LogP contribution in [0.1, 0.15) is 53.5 Å². The number of benzene rings is 1. The van der Waals surface area contributed by atoms with Crippen LogP contribution < -0.4 is 5.32 Å². The summed E-state index contributed by atoms with van der Waals surface area (Å²) in [4.78, 5) is 17.9. The van der Waals surface area contributed by atoms with Crippen LogP contribution in [0.5, 0.6) is 0 Å². The van der Waals surface area contributed by atoms with E-state index in [-0.39, 0.29) is 11.8 Å². The van der Waals surface area contributed by atoms with Crippen molar-refractivity contribution in [1.82, 2.24) is 0 Å². The van der Waals surface area contributed by atoms with Gasteiger partial charge in [0.15, 0.2) is 0 Å². The molecule has 172 valence electrons. The number of aliphatic imine (C=N–C) groups is 1. The number of hydrogen-bond donors (Lipinski definition) is 2. The molecule has 1 rings (SSSR count). The zero-order valence-corrected chi connectivity index (χ0v) is 20.4. The highest BCUT2D eigenvalue weighted by Crippen LogP contribution is 2.27. The van der Waals surface area contributed by atoms with Crippen molar-refractivity contribution in [2.24, 2.45) is 10.9 Å². The SMILES string of the molecule is C=CN=C(C)C(/C(C(=O)Nc1ccc(COC)cc1)=C(\C)C#CCC(C)O)=C(\C)C(C)C. The van der Waals surface area contributed by atoms with E-state index in [2.05, 4.69) is 42.6 Å². The first-order chi connectivity index (χ1) is 15.1. The zero-order valence-electron chi connectivity index (χ0n) is 20.4. The molecule has 32 heavy (non-hydrogen) atoms. The van der Waals surface area contributed by atoms with Crippen molar-refractivity contribution in [1.29, 1.82) is 0 Å². The van der Waals surface area contributed by atoms with Crippen molar-refractivity contribution in [3.05, 3.63) is 64.9 Å².